The van der Waals surface area contributed by atoms with Gasteiger partial charge < -0.3 is 9.84 Å². The van der Waals surface area contributed by atoms with E-state index in [0.29, 0.717) is 6.61 Å². The van der Waals surface area contributed by atoms with E-state index in [0.717, 1.165) is 42.8 Å². The van der Waals surface area contributed by atoms with E-state index in [1.165, 1.54) is 6.42 Å². The highest BCUT2D eigenvalue weighted by atomic mass is 16.5. The lowest BCUT2D eigenvalue weighted by Crippen LogP contribution is -2.37. The summed E-state index contributed by atoms with van der Waals surface area (Å²) in [5, 5.41) is 9.63. The average molecular weight is 325 g/mol. The number of hydrogen-bond acceptors (Lipinski definition) is 3. The summed E-state index contributed by atoms with van der Waals surface area (Å²) in [7, 11) is 0. The molecule has 0 saturated carbocycles. The van der Waals surface area contributed by atoms with Crippen molar-refractivity contribution in [2.45, 2.75) is 31.9 Å². The van der Waals surface area contributed by atoms with Crippen molar-refractivity contribution in [1.82, 2.24) is 4.90 Å². The Morgan fingerprint density at radius 1 is 1.00 bits per heavy atom. The number of aliphatic carboxylic acids is 1. The second kappa shape index (κ2) is 7.97. The number of carbonyl (C=O) groups is 1. The minimum atomic E-state index is -0.783. The quantitative estimate of drug-likeness (QED) is 0.876. The van der Waals surface area contributed by atoms with E-state index >= 15 is 0 Å². The van der Waals surface area contributed by atoms with Crippen LogP contribution in [0, 0.1) is 0 Å². The molecule has 0 aromatic heterocycles. The summed E-state index contributed by atoms with van der Waals surface area (Å²) in [4.78, 5) is 13.8. The van der Waals surface area contributed by atoms with Crippen molar-refractivity contribution >= 4 is 5.97 Å². The molecule has 4 nitrogen and oxygen atoms in total. The first-order chi connectivity index (χ1) is 11.7. The highest BCUT2D eigenvalue weighted by molar-refractivity contribution is 5.75. The van der Waals surface area contributed by atoms with E-state index in [2.05, 4.69) is 4.90 Å². The molecule has 1 heterocycles. The molecule has 0 amide bonds. The van der Waals surface area contributed by atoms with Crippen molar-refractivity contribution in [1.29, 1.82) is 0 Å². The molecule has 0 unspecified atom stereocenters. The van der Waals surface area contributed by atoms with Gasteiger partial charge in [0.2, 0.25) is 0 Å². The van der Waals surface area contributed by atoms with Crippen molar-refractivity contribution in [3.05, 3.63) is 65.7 Å². The molecular weight excluding hydrogens is 302 g/mol. The normalized spacial score (nSPS) is 16.5. The zero-order chi connectivity index (χ0) is 16.8. The highest BCUT2D eigenvalue weighted by Gasteiger charge is 2.28. The Bertz CT molecular complexity index is 648. The maximum atomic E-state index is 11.7. The number of carboxylic acid groups (broad SMARTS) is 1. The number of nitrogens with zero attached hydrogens (tertiary/aromatic N) is 1. The molecule has 1 aliphatic heterocycles. The van der Waals surface area contributed by atoms with Gasteiger partial charge >= 0.3 is 5.97 Å². The molecule has 1 fully saturated rings. The Morgan fingerprint density at radius 3 is 2.29 bits per heavy atom. The van der Waals surface area contributed by atoms with Crippen LogP contribution in [0.1, 0.15) is 36.4 Å². The Kier molecular flexibility index (Phi) is 5.49. The fourth-order valence-corrected chi connectivity index (χ4v) is 3.17. The van der Waals surface area contributed by atoms with Crippen molar-refractivity contribution in [3.63, 3.8) is 0 Å². The number of likely N-dealkylation sites (tertiary alicyclic amines) is 1. The highest BCUT2D eigenvalue weighted by Crippen LogP contribution is 2.26. The third kappa shape index (κ3) is 4.15. The van der Waals surface area contributed by atoms with E-state index in [1.807, 2.05) is 54.6 Å². The third-order valence-electron chi connectivity index (χ3n) is 4.43. The molecule has 24 heavy (non-hydrogen) atoms. The molecule has 1 N–H and O–H groups in total. The molecule has 1 aliphatic rings. The van der Waals surface area contributed by atoms with Crippen LogP contribution in [0.15, 0.2) is 54.6 Å². The van der Waals surface area contributed by atoms with E-state index in [1.54, 1.807) is 0 Å². The van der Waals surface area contributed by atoms with Crippen LogP contribution in [0.2, 0.25) is 0 Å². The Morgan fingerprint density at radius 2 is 1.67 bits per heavy atom. The first-order valence-corrected chi connectivity index (χ1v) is 8.47. The fraction of sp³-hybridized carbons (Fsp3) is 0.350. The zero-order valence-corrected chi connectivity index (χ0v) is 13.7. The van der Waals surface area contributed by atoms with Crippen LogP contribution in [0.4, 0.5) is 0 Å². The van der Waals surface area contributed by atoms with E-state index in [4.69, 9.17) is 4.74 Å². The van der Waals surface area contributed by atoms with Crippen molar-refractivity contribution in [3.8, 4) is 5.75 Å². The monoisotopic (exact) mass is 325 g/mol. The summed E-state index contributed by atoms with van der Waals surface area (Å²) in [5.41, 5.74) is 1.93. The maximum Gasteiger partial charge on any atom is 0.325 e. The van der Waals surface area contributed by atoms with Gasteiger partial charge in [0.05, 0.1) is 0 Å². The van der Waals surface area contributed by atoms with Gasteiger partial charge in [-0.2, -0.15) is 0 Å². The predicted molar refractivity (Wildman–Crippen MR) is 93.0 cm³/mol. The lowest BCUT2D eigenvalue weighted by atomic mass is 10.0. The number of rotatable bonds is 6. The van der Waals surface area contributed by atoms with E-state index in [9.17, 15) is 9.90 Å². The van der Waals surface area contributed by atoms with Gasteiger partial charge in [0.25, 0.3) is 0 Å². The molecule has 0 radical (unpaired) electrons. The molecule has 2 aromatic carbocycles. The summed E-state index contributed by atoms with van der Waals surface area (Å²) in [6, 6.07) is 16.9. The van der Waals surface area contributed by atoms with Crippen molar-refractivity contribution < 1.29 is 14.6 Å². The first kappa shape index (κ1) is 16.5. The smallest absolute Gasteiger partial charge is 0.325 e. The van der Waals surface area contributed by atoms with Gasteiger partial charge in [-0.05, 0) is 49.2 Å². The first-order valence-electron chi connectivity index (χ1n) is 8.47. The molecule has 0 bridgehead atoms. The number of piperidine rings is 1. The van der Waals surface area contributed by atoms with Gasteiger partial charge in [-0.1, -0.05) is 48.9 Å². The lowest BCUT2D eigenvalue weighted by Gasteiger charge is -2.32. The Labute approximate surface area is 142 Å². The molecule has 0 aliphatic carbocycles. The standard InChI is InChI=1S/C20H23NO3/c22-20(23)19(21-13-5-2-6-14-21)17-9-11-18(12-10-17)24-15-16-7-3-1-4-8-16/h1,3-4,7-12,19H,2,5-6,13-15H2,(H,22,23)/t19-/m0/s1. The molecule has 1 atom stereocenters. The largest absolute Gasteiger partial charge is 0.489 e. The summed E-state index contributed by atoms with van der Waals surface area (Å²) in [6.45, 7) is 2.21. The van der Waals surface area contributed by atoms with Crippen LogP contribution < -0.4 is 4.74 Å². The summed E-state index contributed by atoms with van der Waals surface area (Å²) >= 11 is 0. The van der Waals surface area contributed by atoms with Crippen LogP contribution in [-0.2, 0) is 11.4 Å². The molecule has 4 heteroatoms. The van der Waals surface area contributed by atoms with Crippen LogP contribution in [0.5, 0.6) is 5.75 Å². The molecule has 1 saturated heterocycles. The number of ether oxygens (including phenoxy) is 1. The Hall–Kier alpha value is -2.33. The van der Waals surface area contributed by atoms with E-state index < -0.39 is 12.0 Å². The molecule has 3 rings (SSSR count). The second-order valence-corrected chi connectivity index (χ2v) is 6.18. The maximum absolute atomic E-state index is 11.7. The average Bonchev–Trinajstić information content (AvgIpc) is 2.63. The van der Waals surface area contributed by atoms with Crippen molar-refractivity contribution in [2.75, 3.05) is 13.1 Å². The lowest BCUT2D eigenvalue weighted by molar-refractivity contribution is -0.144. The topological polar surface area (TPSA) is 49.8 Å². The van der Waals surface area contributed by atoms with Gasteiger partial charge in [-0.3, -0.25) is 9.69 Å². The van der Waals surface area contributed by atoms with Gasteiger partial charge in [0.1, 0.15) is 18.4 Å². The van der Waals surface area contributed by atoms with Gasteiger partial charge in [-0.25, -0.2) is 0 Å². The van der Waals surface area contributed by atoms with E-state index in [-0.39, 0.29) is 0 Å². The van der Waals surface area contributed by atoms with Gasteiger partial charge in [-0.15, -0.1) is 0 Å². The summed E-state index contributed by atoms with van der Waals surface area (Å²) in [6.07, 6.45) is 3.33. The van der Waals surface area contributed by atoms with Gasteiger partial charge in [0, 0.05) is 0 Å². The molecule has 126 valence electrons. The van der Waals surface area contributed by atoms with Crippen LogP contribution in [0.3, 0.4) is 0 Å². The zero-order valence-electron chi connectivity index (χ0n) is 13.7. The van der Waals surface area contributed by atoms with Crippen LogP contribution >= 0.6 is 0 Å². The summed E-state index contributed by atoms with van der Waals surface area (Å²) < 4.78 is 5.77. The van der Waals surface area contributed by atoms with Gasteiger partial charge in [0.15, 0.2) is 0 Å². The number of carboxylic acids is 1. The van der Waals surface area contributed by atoms with Crippen LogP contribution in [-0.4, -0.2) is 29.1 Å². The number of hydrogen-bond donors (Lipinski definition) is 1. The molecule has 0 spiro atoms. The number of benzene rings is 2. The second-order valence-electron chi connectivity index (χ2n) is 6.18. The summed E-state index contributed by atoms with van der Waals surface area (Å²) in [5.74, 6) is -0.0276. The van der Waals surface area contributed by atoms with Crippen molar-refractivity contribution in [2.24, 2.45) is 0 Å². The molecule has 2 aromatic rings. The van der Waals surface area contributed by atoms with Crippen LogP contribution in [0.25, 0.3) is 0 Å². The third-order valence-corrected chi connectivity index (χ3v) is 4.43. The Balaban J connectivity index is 1.66. The molecular formula is C20H23NO3. The minimum absolute atomic E-state index is 0.509. The SMILES string of the molecule is O=C(O)[C@H](c1ccc(OCc2ccccc2)cc1)N1CCCCC1. The minimum Gasteiger partial charge on any atom is -0.489 e. The fourth-order valence-electron chi connectivity index (χ4n) is 3.17. The predicted octanol–water partition coefficient (Wildman–Crippen LogP) is 3.88.